The number of carbonyl (C=O) groups excluding carboxylic acids is 2. The summed E-state index contributed by atoms with van der Waals surface area (Å²) in [5.41, 5.74) is 0. The van der Waals surface area contributed by atoms with Crippen molar-refractivity contribution in [3.8, 4) is 0 Å². The third-order valence-electron chi connectivity index (χ3n) is 3.40. The van der Waals surface area contributed by atoms with Gasteiger partial charge in [-0.3, -0.25) is 9.59 Å². The highest BCUT2D eigenvalue weighted by atomic mass is 16.2. The van der Waals surface area contributed by atoms with Crippen molar-refractivity contribution in [2.45, 2.75) is 51.7 Å². The monoisotopic (exact) mass is 280 g/mol. The van der Waals surface area contributed by atoms with Crippen molar-refractivity contribution in [3.63, 3.8) is 0 Å². The summed E-state index contributed by atoms with van der Waals surface area (Å²) < 4.78 is 0. The highest BCUT2D eigenvalue weighted by Crippen LogP contribution is 2.17. The van der Waals surface area contributed by atoms with E-state index in [9.17, 15) is 9.59 Å². The molecule has 0 aromatic carbocycles. The predicted octanol–water partition coefficient (Wildman–Crippen LogP) is -0.384. The summed E-state index contributed by atoms with van der Waals surface area (Å²) in [6, 6.07) is -0.897. The molecule has 1 fully saturated rings. The Morgan fingerprint density at radius 2 is 2.05 bits per heavy atom. The fraction of sp³-hybridized carbons (Fsp3) is 0.750. The van der Waals surface area contributed by atoms with Crippen molar-refractivity contribution in [1.29, 1.82) is 0 Å². The van der Waals surface area contributed by atoms with Crippen LogP contribution in [0.3, 0.4) is 0 Å². The van der Waals surface area contributed by atoms with Crippen LogP contribution in [-0.2, 0) is 23.2 Å². The van der Waals surface area contributed by atoms with Gasteiger partial charge in [-0.15, -0.1) is 10.2 Å². The Labute approximate surface area is 117 Å². The van der Waals surface area contributed by atoms with Crippen LogP contribution < -0.4 is 5.32 Å². The van der Waals surface area contributed by atoms with Crippen LogP contribution in [0.2, 0.25) is 0 Å². The Bertz CT molecular complexity index is 500. The van der Waals surface area contributed by atoms with Crippen molar-refractivity contribution in [1.82, 2.24) is 30.4 Å². The van der Waals surface area contributed by atoms with Crippen molar-refractivity contribution in [2.75, 3.05) is 0 Å². The molecule has 20 heavy (non-hydrogen) atoms. The molecule has 2 atom stereocenters. The van der Waals surface area contributed by atoms with Gasteiger partial charge in [0.15, 0.2) is 5.82 Å². The first-order valence-electron chi connectivity index (χ1n) is 6.90. The highest BCUT2D eigenvalue weighted by molar-refractivity contribution is 5.96. The normalized spacial score (nSPS) is 23.1. The van der Waals surface area contributed by atoms with Crippen LogP contribution in [0.5, 0.6) is 0 Å². The number of rotatable bonds is 5. The lowest BCUT2D eigenvalue weighted by Gasteiger charge is -2.38. The van der Waals surface area contributed by atoms with Gasteiger partial charge in [0, 0.05) is 0 Å². The maximum absolute atomic E-state index is 12.5. The van der Waals surface area contributed by atoms with Gasteiger partial charge in [-0.2, -0.15) is 4.80 Å². The lowest BCUT2D eigenvalue weighted by atomic mass is 10.0. The van der Waals surface area contributed by atoms with Gasteiger partial charge in [-0.1, -0.05) is 20.3 Å². The van der Waals surface area contributed by atoms with E-state index in [1.54, 1.807) is 11.9 Å². The molecule has 2 amide bonds. The van der Waals surface area contributed by atoms with E-state index in [2.05, 4.69) is 20.7 Å². The third kappa shape index (κ3) is 2.78. The zero-order valence-corrected chi connectivity index (χ0v) is 12.0. The van der Waals surface area contributed by atoms with E-state index in [1.807, 2.05) is 13.8 Å². The molecule has 2 rings (SSSR count). The topological polar surface area (TPSA) is 93.0 Å². The van der Waals surface area contributed by atoms with Gasteiger partial charge in [-0.25, -0.2) is 0 Å². The summed E-state index contributed by atoms with van der Waals surface area (Å²) >= 11 is 0. The molecule has 2 heterocycles. The molecule has 0 saturated carbocycles. The lowest BCUT2D eigenvalue weighted by molar-refractivity contribution is -0.150. The number of amides is 2. The van der Waals surface area contributed by atoms with E-state index in [4.69, 9.17) is 0 Å². The molecule has 8 nitrogen and oxygen atoms in total. The minimum absolute atomic E-state index is 0.0641. The first kappa shape index (κ1) is 14.4. The van der Waals surface area contributed by atoms with Gasteiger partial charge in [0.1, 0.15) is 12.1 Å². The lowest BCUT2D eigenvalue weighted by Crippen LogP contribution is -2.62. The van der Waals surface area contributed by atoms with Gasteiger partial charge < -0.3 is 10.2 Å². The van der Waals surface area contributed by atoms with Gasteiger partial charge in [-0.05, 0) is 18.1 Å². The Morgan fingerprint density at radius 3 is 2.60 bits per heavy atom. The number of tetrazole rings is 1. The fourth-order valence-corrected chi connectivity index (χ4v) is 2.44. The molecule has 1 N–H and O–H groups in total. The van der Waals surface area contributed by atoms with E-state index >= 15 is 0 Å². The van der Waals surface area contributed by atoms with Crippen LogP contribution in [0.4, 0.5) is 0 Å². The van der Waals surface area contributed by atoms with E-state index in [-0.39, 0.29) is 18.4 Å². The Morgan fingerprint density at radius 1 is 1.30 bits per heavy atom. The molecule has 0 radical (unpaired) electrons. The standard InChI is InChI=1S/C12H20N6O2/c1-4-6-8-12(20)18(9(5-2)11(19)13-8)7-10-14-16-17(3)15-10/h8-9H,4-7H2,1-3H3,(H,13,19). The number of nitrogens with one attached hydrogen (secondary N) is 1. The van der Waals surface area contributed by atoms with Crippen molar-refractivity contribution in [2.24, 2.45) is 7.05 Å². The number of piperazine rings is 1. The number of hydrogen-bond donors (Lipinski definition) is 1. The summed E-state index contributed by atoms with van der Waals surface area (Å²) in [5.74, 6) is 0.282. The number of aromatic nitrogens is 4. The molecule has 110 valence electrons. The van der Waals surface area contributed by atoms with Crippen molar-refractivity contribution < 1.29 is 9.59 Å². The number of nitrogens with zero attached hydrogens (tertiary/aromatic N) is 5. The minimum atomic E-state index is -0.459. The summed E-state index contributed by atoms with van der Waals surface area (Å²) in [7, 11) is 1.67. The van der Waals surface area contributed by atoms with Gasteiger partial charge >= 0.3 is 0 Å². The smallest absolute Gasteiger partial charge is 0.246 e. The van der Waals surface area contributed by atoms with Crippen LogP contribution in [0.15, 0.2) is 0 Å². The maximum Gasteiger partial charge on any atom is 0.246 e. The summed E-state index contributed by atoms with van der Waals surface area (Å²) in [6.07, 6.45) is 2.05. The van der Waals surface area contributed by atoms with Gasteiger partial charge in [0.25, 0.3) is 0 Å². The average molecular weight is 280 g/mol. The second-order valence-electron chi connectivity index (χ2n) is 4.94. The number of aryl methyl sites for hydroxylation is 1. The molecule has 1 aliphatic heterocycles. The van der Waals surface area contributed by atoms with E-state index < -0.39 is 12.1 Å². The quantitative estimate of drug-likeness (QED) is 0.793. The van der Waals surface area contributed by atoms with Gasteiger partial charge in [0.2, 0.25) is 11.8 Å². The fourth-order valence-electron chi connectivity index (χ4n) is 2.44. The summed E-state index contributed by atoms with van der Waals surface area (Å²) in [6.45, 7) is 4.09. The molecule has 0 bridgehead atoms. The number of hydrogen-bond acceptors (Lipinski definition) is 5. The third-order valence-corrected chi connectivity index (χ3v) is 3.40. The van der Waals surface area contributed by atoms with Crippen LogP contribution in [0, 0.1) is 0 Å². The first-order chi connectivity index (χ1) is 9.56. The minimum Gasteiger partial charge on any atom is -0.343 e. The van der Waals surface area contributed by atoms with E-state index in [0.29, 0.717) is 18.7 Å². The van der Waals surface area contributed by atoms with Crippen LogP contribution in [-0.4, -0.2) is 49.0 Å². The largest absolute Gasteiger partial charge is 0.343 e. The molecule has 1 aliphatic rings. The molecule has 1 aromatic rings. The zero-order chi connectivity index (χ0) is 14.7. The molecule has 1 aromatic heterocycles. The molecule has 8 heteroatoms. The number of carbonyl (C=O) groups is 2. The van der Waals surface area contributed by atoms with Crippen LogP contribution in [0.1, 0.15) is 38.9 Å². The molecule has 1 saturated heterocycles. The average Bonchev–Trinajstić information content (AvgIpc) is 2.81. The summed E-state index contributed by atoms with van der Waals surface area (Å²) in [4.78, 5) is 27.5. The molecule has 2 unspecified atom stereocenters. The Balaban J connectivity index is 2.19. The molecular weight excluding hydrogens is 260 g/mol. The van der Waals surface area contributed by atoms with Crippen LogP contribution in [0.25, 0.3) is 0 Å². The molecular formula is C12H20N6O2. The Kier molecular flexibility index (Phi) is 4.31. The Hall–Kier alpha value is -1.99. The van der Waals surface area contributed by atoms with Crippen molar-refractivity contribution >= 4 is 11.8 Å². The second-order valence-corrected chi connectivity index (χ2v) is 4.94. The van der Waals surface area contributed by atoms with E-state index in [1.165, 1.54) is 4.80 Å². The first-order valence-corrected chi connectivity index (χ1v) is 6.90. The second kappa shape index (κ2) is 5.98. The van der Waals surface area contributed by atoms with E-state index in [0.717, 1.165) is 6.42 Å². The van der Waals surface area contributed by atoms with Crippen molar-refractivity contribution in [3.05, 3.63) is 5.82 Å². The highest BCUT2D eigenvalue weighted by Gasteiger charge is 2.39. The molecule has 0 aliphatic carbocycles. The maximum atomic E-state index is 12.5. The summed E-state index contributed by atoms with van der Waals surface area (Å²) in [5, 5.41) is 14.5. The van der Waals surface area contributed by atoms with Crippen LogP contribution >= 0.6 is 0 Å². The molecule has 0 spiro atoms. The SMILES string of the molecule is CCCC1NC(=O)C(CC)N(Cc2nnn(C)n2)C1=O. The van der Waals surface area contributed by atoms with Gasteiger partial charge in [0.05, 0.1) is 13.6 Å². The zero-order valence-electron chi connectivity index (χ0n) is 12.0. The predicted molar refractivity (Wildman–Crippen MR) is 70.3 cm³/mol.